The lowest BCUT2D eigenvalue weighted by molar-refractivity contribution is 0.660. The monoisotopic (exact) mass is 425 g/mol. The van der Waals surface area contributed by atoms with Crippen LogP contribution in [0.2, 0.25) is 0 Å². The fraction of sp³-hybridized carbons (Fsp3) is 0.125. The highest BCUT2D eigenvalue weighted by Gasteiger charge is 2.35. The molecule has 2 aliphatic rings. The first-order chi connectivity index (χ1) is 16.1. The Labute approximate surface area is 196 Å². The van der Waals surface area contributed by atoms with Gasteiger partial charge < -0.3 is 4.90 Å². The maximum absolute atomic E-state index is 2.44. The molecule has 0 atom stereocenters. The van der Waals surface area contributed by atoms with Gasteiger partial charge in [0, 0.05) is 16.8 Å². The Bertz CT molecular complexity index is 1360. The molecule has 4 aromatic carbocycles. The number of anilines is 2. The minimum atomic E-state index is -0.00781. The van der Waals surface area contributed by atoms with Crippen molar-refractivity contribution in [3.05, 3.63) is 132 Å². The highest BCUT2D eigenvalue weighted by molar-refractivity contribution is 5.83. The fourth-order valence-electron chi connectivity index (χ4n) is 5.37. The number of allylic oxidation sites excluding steroid dienone is 2. The SMILES string of the molecule is CC1(C)c2ccccc2-c2ccc(N(c3ccc(-c4ccccc4)cc3)C3C=CC=C3)cc21. The molecule has 0 saturated heterocycles. The summed E-state index contributed by atoms with van der Waals surface area (Å²) in [6, 6.07) is 35.5. The van der Waals surface area contributed by atoms with Crippen LogP contribution in [0.5, 0.6) is 0 Å². The van der Waals surface area contributed by atoms with E-state index in [0.717, 1.165) is 0 Å². The van der Waals surface area contributed by atoms with E-state index in [1.807, 2.05) is 0 Å². The van der Waals surface area contributed by atoms with Gasteiger partial charge in [-0.3, -0.25) is 0 Å². The molecule has 0 aliphatic heterocycles. The van der Waals surface area contributed by atoms with Crippen molar-refractivity contribution in [3.63, 3.8) is 0 Å². The summed E-state index contributed by atoms with van der Waals surface area (Å²) in [7, 11) is 0. The number of rotatable bonds is 4. The van der Waals surface area contributed by atoms with Gasteiger partial charge in [-0.15, -0.1) is 0 Å². The van der Waals surface area contributed by atoms with Gasteiger partial charge in [0.05, 0.1) is 6.04 Å². The van der Waals surface area contributed by atoms with Crippen molar-refractivity contribution < 1.29 is 0 Å². The zero-order valence-corrected chi connectivity index (χ0v) is 19.1. The molecule has 0 heterocycles. The van der Waals surface area contributed by atoms with Crippen LogP contribution in [0.1, 0.15) is 25.0 Å². The van der Waals surface area contributed by atoms with Gasteiger partial charge in [0.15, 0.2) is 0 Å². The first-order valence-electron chi connectivity index (χ1n) is 11.7. The molecule has 0 amide bonds. The molecule has 2 aliphatic carbocycles. The Morgan fingerprint density at radius 3 is 1.94 bits per heavy atom. The molecule has 0 bridgehead atoms. The summed E-state index contributed by atoms with van der Waals surface area (Å²) >= 11 is 0. The fourth-order valence-corrected chi connectivity index (χ4v) is 5.37. The Hall–Kier alpha value is -3.84. The molecule has 4 aromatic rings. The molecular weight excluding hydrogens is 398 g/mol. The zero-order valence-electron chi connectivity index (χ0n) is 19.1. The van der Waals surface area contributed by atoms with Crippen LogP contribution in [0, 0.1) is 0 Å². The second-order valence-electron chi connectivity index (χ2n) is 9.44. The third-order valence-corrected chi connectivity index (χ3v) is 7.12. The molecule has 1 heteroatoms. The van der Waals surface area contributed by atoms with E-state index in [-0.39, 0.29) is 11.5 Å². The first kappa shape index (κ1) is 19.8. The van der Waals surface area contributed by atoms with E-state index in [4.69, 9.17) is 0 Å². The van der Waals surface area contributed by atoms with Gasteiger partial charge in [-0.05, 0) is 57.6 Å². The van der Waals surface area contributed by atoms with Gasteiger partial charge in [0.25, 0.3) is 0 Å². The minimum absolute atomic E-state index is 0.00781. The van der Waals surface area contributed by atoms with Crippen molar-refractivity contribution in [1.82, 2.24) is 0 Å². The van der Waals surface area contributed by atoms with E-state index in [1.165, 1.54) is 44.8 Å². The van der Waals surface area contributed by atoms with Crippen molar-refractivity contribution in [2.24, 2.45) is 0 Å². The molecule has 0 fully saturated rings. The van der Waals surface area contributed by atoms with Gasteiger partial charge in [0.2, 0.25) is 0 Å². The van der Waals surface area contributed by atoms with Crippen molar-refractivity contribution >= 4 is 11.4 Å². The normalized spacial score (nSPS) is 15.5. The van der Waals surface area contributed by atoms with E-state index in [9.17, 15) is 0 Å². The smallest absolute Gasteiger partial charge is 0.0712 e. The minimum Gasteiger partial charge on any atom is -0.331 e. The van der Waals surface area contributed by atoms with Gasteiger partial charge in [-0.25, -0.2) is 0 Å². The topological polar surface area (TPSA) is 3.24 Å². The summed E-state index contributed by atoms with van der Waals surface area (Å²) < 4.78 is 0. The van der Waals surface area contributed by atoms with Crippen molar-refractivity contribution in [2.75, 3.05) is 4.90 Å². The van der Waals surface area contributed by atoms with Crippen LogP contribution in [0.3, 0.4) is 0 Å². The second-order valence-corrected chi connectivity index (χ2v) is 9.44. The molecular formula is C32H27N. The maximum Gasteiger partial charge on any atom is 0.0712 e. The maximum atomic E-state index is 2.44. The quantitative estimate of drug-likeness (QED) is 0.318. The zero-order chi connectivity index (χ0) is 22.4. The van der Waals surface area contributed by atoms with Crippen LogP contribution in [0.15, 0.2) is 121 Å². The van der Waals surface area contributed by atoms with Crippen molar-refractivity contribution in [1.29, 1.82) is 0 Å². The van der Waals surface area contributed by atoms with E-state index < -0.39 is 0 Å². The molecule has 6 rings (SSSR count). The molecule has 0 spiro atoms. The third kappa shape index (κ3) is 3.24. The molecule has 160 valence electrons. The van der Waals surface area contributed by atoms with E-state index >= 15 is 0 Å². The predicted molar refractivity (Wildman–Crippen MR) is 140 cm³/mol. The lowest BCUT2D eigenvalue weighted by atomic mass is 9.82. The number of benzene rings is 4. The summed E-state index contributed by atoms with van der Waals surface area (Å²) in [4.78, 5) is 2.44. The third-order valence-electron chi connectivity index (χ3n) is 7.12. The lowest BCUT2D eigenvalue weighted by Gasteiger charge is -2.31. The summed E-state index contributed by atoms with van der Waals surface area (Å²) in [5.41, 5.74) is 10.4. The molecule has 0 radical (unpaired) electrons. The summed E-state index contributed by atoms with van der Waals surface area (Å²) in [6.45, 7) is 4.69. The molecule has 0 N–H and O–H groups in total. The van der Waals surface area contributed by atoms with Crippen LogP contribution >= 0.6 is 0 Å². The van der Waals surface area contributed by atoms with E-state index in [2.05, 4.69) is 140 Å². The largest absolute Gasteiger partial charge is 0.331 e. The van der Waals surface area contributed by atoms with Crippen LogP contribution < -0.4 is 4.90 Å². The van der Waals surface area contributed by atoms with Crippen molar-refractivity contribution in [2.45, 2.75) is 25.3 Å². The van der Waals surface area contributed by atoms with Gasteiger partial charge in [-0.2, -0.15) is 0 Å². The number of fused-ring (bicyclic) bond motifs is 3. The summed E-state index contributed by atoms with van der Waals surface area (Å²) in [5, 5.41) is 0. The van der Waals surface area contributed by atoms with E-state index in [0.29, 0.717) is 0 Å². The number of hydrogen-bond donors (Lipinski definition) is 0. The average molecular weight is 426 g/mol. The summed E-state index contributed by atoms with van der Waals surface area (Å²) in [5.74, 6) is 0. The Morgan fingerprint density at radius 2 is 1.18 bits per heavy atom. The van der Waals surface area contributed by atoms with E-state index in [1.54, 1.807) is 0 Å². The molecule has 1 nitrogen and oxygen atoms in total. The molecule has 0 aromatic heterocycles. The molecule has 0 saturated carbocycles. The van der Waals surface area contributed by atoms with Gasteiger partial charge in [0.1, 0.15) is 0 Å². The number of hydrogen-bond acceptors (Lipinski definition) is 1. The summed E-state index contributed by atoms with van der Waals surface area (Å²) in [6.07, 6.45) is 8.81. The average Bonchev–Trinajstić information content (AvgIpc) is 3.46. The lowest BCUT2D eigenvalue weighted by Crippen LogP contribution is -2.27. The first-order valence-corrected chi connectivity index (χ1v) is 11.7. The van der Waals surface area contributed by atoms with Crippen LogP contribution in [0.25, 0.3) is 22.3 Å². The van der Waals surface area contributed by atoms with Gasteiger partial charge in [-0.1, -0.05) is 111 Å². The molecule has 33 heavy (non-hydrogen) atoms. The van der Waals surface area contributed by atoms with Crippen molar-refractivity contribution in [3.8, 4) is 22.3 Å². The van der Waals surface area contributed by atoms with Crippen LogP contribution in [-0.2, 0) is 5.41 Å². The van der Waals surface area contributed by atoms with Gasteiger partial charge >= 0.3 is 0 Å². The second kappa shape index (κ2) is 7.64. The van der Waals surface area contributed by atoms with Crippen LogP contribution in [0.4, 0.5) is 11.4 Å². The Balaban J connectivity index is 1.44. The predicted octanol–water partition coefficient (Wildman–Crippen LogP) is 8.29. The Kier molecular flexibility index (Phi) is 4.58. The molecule has 0 unspecified atom stereocenters. The highest BCUT2D eigenvalue weighted by Crippen LogP contribution is 2.50. The standard InChI is InChI=1S/C32H27N/c1-32(2)30-15-9-8-14-28(30)29-21-20-27(22-31(29)32)33(25-12-6-7-13-25)26-18-16-24(17-19-26)23-10-4-3-5-11-23/h3-22,25H,1-2H3. The Morgan fingerprint density at radius 1 is 0.576 bits per heavy atom. The van der Waals surface area contributed by atoms with Crippen LogP contribution in [-0.4, -0.2) is 6.04 Å². The number of nitrogens with zero attached hydrogens (tertiary/aromatic N) is 1. The highest BCUT2D eigenvalue weighted by atomic mass is 15.2.